The van der Waals surface area contributed by atoms with E-state index in [9.17, 15) is 0 Å². The minimum atomic E-state index is 0.840. The lowest BCUT2D eigenvalue weighted by Crippen LogP contribution is -2.25. The lowest BCUT2D eigenvalue weighted by Gasteiger charge is -2.23. The van der Waals surface area contributed by atoms with E-state index >= 15 is 0 Å². The van der Waals surface area contributed by atoms with Gasteiger partial charge in [-0.05, 0) is 25.2 Å². The van der Waals surface area contributed by atoms with E-state index in [1.165, 1.54) is 25.7 Å². The highest BCUT2D eigenvalue weighted by molar-refractivity contribution is 5.49. The third-order valence-electron chi connectivity index (χ3n) is 4.03. The van der Waals surface area contributed by atoms with Crippen LogP contribution in [0.25, 0.3) is 0 Å². The molecule has 0 radical (unpaired) electrons. The Bertz CT molecular complexity index is 413. The van der Waals surface area contributed by atoms with Gasteiger partial charge in [0.1, 0.15) is 17.5 Å². The number of anilines is 2. The van der Waals surface area contributed by atoms with Gasteiger partial charge in [0.15, 0.2) is 0 Å². The van der Waals surface area contributed by atoms with Crippen LogP contribution in [0.1, 0.15) is 51.8 Å². The molecule has 0 amide bonds. The molecule has 0 saturated heterocycles. The SMILES string of the molecule is CCCNc1cc(N(C)CC2CCCC2)nc(CC)n1. The van der Waals surface area contributed by atoms with E-state index in [-0.39, 0.29) is 0 Å². The second-order valence-corrected chi connectivity index (χ2v) is 5.84. The Kier molecular flexibility index (Phi) is 5.62. The second-order valence-electron chi connectivity index (χ2n) is 5.84. The van der Waals surface area contributed by atoms with Crippen molar-refractivity contribution in [2.45, 2.75) is 52.4 Å². The first-order chi connectivity index (χ1) is 9.72. The van der Waals surface area contributed by atoms with Gasteiger partial charge in [-0.3, -0.25) is 0 Å². The highest BCUT2D eigenvalue weighted by atomic mass is 15.2. The molecule has 1 N–H and O–H groups in total. The van der Waals surface area contributed by atoms with E-state index in [4.69, 9.17) is 0 Å². The van der Waals surface area contributed by atoms with Crippen LogP contribution in [-0.4, -0.2) is 30.1 Å². The summed E-state index contributed by atoms with van der Waals surface area (Å²) in [7, 11) is 2.16. The van der Waals surface area contributed by atoms with E-state index in [0.29, 0.717) is 0 Å². The highest BCUT2D eigenvalue weighted by Gasteiger charge is 2.18. The van der Waals surface area contributed by atoms with E-state index < -0.39 is 0 Å². The summed E-state index contributed by atoms with van der Waals surface area (Å²) in [4.78, 5) is 11.5. The van der Waals surface area contributed by atoms with Crippen molar-refractivity contribution in [3.8, 4) is 0 Å². The van der Waals surface area contributed by atoms with Crippen LogP contribution < -0.4 is 10.2 Å². The standard InChI is InChI=1S/C16H28N4/c1-4-10-17-15-11-16(19-14(5-2)18-15)20(3)12-13-8-6-7-9-13/h11,13H,4-10,12H2,1-3H3,(H,17,18,19). The molecule has 2 rings (SSSR count). The maximum absolute atomic E-state index is 4.68. The number of nitrogens with one attached hydrogen (secondary N) is 1. The summed E-state index contributed by atoms with van der Waals surface area (Å²) in [6.45, 7) is 6.36. The Morgan fingerprint density at radius 3 is 2.65 bits per heavy atom. The topological polar surface area (TPSA) is 41.0 Å². The summed E-state index contributed by atoms with van der Waals surface area (Å²) in [6, 6.07) is 2.09. The average molecular weight is 276 g/mol. The van der Waals surface area contributed by atoms with E-state index in [2.05, 4.69) is 47.1 Å². The summed E-state index contributed by atoms with van der Waals surface area (Å²) in [5.74, 6) is 3.79. The Hall–Kier alpha value is -1.32. The van der Waals surface area contributed by atoms with Crippen molar-refractivity contribution < 1.29 is 0 Å². The number of nitrogens with zero attached hydrogens (tertiary/aromatic N) is 3. The number of hydrogen-bond donors (Lipinski definition) is 1. The van der Waals surface area contributed by atoms with Gasteiger partial charge in [0.2, 0.25) is 0 Å². The van der Waals surface area contributed by atoms with Crippen LogP contribution in [0.4, 0.5) is 11.6 Å². The van der Waals surface area contributed by atoms with Gasteiger partial charge in [0.25, 0.3) is 0 Å². The molecule has 4 nitrogen and oxygen atoms in total. The Morgan fingerprint density at radius 2 is 2.00 bits per heavy atom. The van der Waals surface area contributed by atoms with Gasteiger partial charge in [-0.25, -0.2) is 9.97 Å². The van der Waals surface area contributed by atoms with Gasteiger partial charge < -0.3 is 10.2 Å². The molecule has 1 fully saturated rings. The normalized spacial score (nSPS) is 15.6. The summed E-state index contributed by atoms with van der Waals surface area (Å²) < 4.78 is 0. The molecule has 1 saturated carbocycles. The van der Waals surface area contributed by atoms with Crippen molar-refractivity contribution >= 4 is 11.6 Å². The zero-order chi connectivity index (χ0) is 14.4. The van der Waals surface area contributed by atoms with Crippen LogP contribution in [-0.2, 0) is 6.42 Å². The molecular formula is C16H28N4. The summed E-state index contributed by atoms with van der Waals surface area (Å²) in [6.07, 6.45) is 7.52. The predicted molar refractivity (Wildman–Crippen MR) is 85.4 cm³/mol. The summed E-state index contributed by atoms with van der Waals surface area (Å²) in [5.41, 5.74) is 0. The molecule has 1 heterocycles. The monoisotopic (exact) mass is 276 g/mol. The Labute approximate surface area is 123 Å². The lowest BCUT2D eigenvalue weighted by molar-refractivity contribution is 0.544. The first-order valence-corrected chi connectivity index (χ1v) is 8.05. The van der Waals surface area contributed by atoms with Gasteiger partial charge in [-0.1, -0.05) is 26.7 Å². The number of aryl methyl sites for hydroxylation is 1. The summed E-state index contributed by atoms with van der Waals surface area (Å²) >= 11 is 0. The van der Waals surface area contributed by atoms with Crippen molar-refractivity contribution in [1.29, 1.82) is 0 Å². The molecule has 1 aliphatic carbocycles. The summed E-state index contributed by atoms with van der Waals surface area (Å²) in [5, 5.41) is 3.38. The predicted octanol–water partition coefficient (Wildman–Crippen LogP) is 3.49. The lowest BCUT2D eigenvalue weighted by atomic mass is 10.1. The van der Waals surface area contributed by atoms with Crippen LogP contribution in [0.3, 0.4) is 0 Å². The third kappa shape index (κ3) is 4.09. The van der Waals surface area contributed by atoms with Crippen LogP contribution >= 0.6 is 0 Å². The molecule has 0 atom stereocenters. The van der Waals surface area contributed by atoms with Gasteiger partial charge in [0, 0.05) is 32.6 Å². The molecule has 1 aliphatic rings. The molecule has 1 aromatic rings. The molecule has 0 aromatic carbocycles. The van der Waals surface area contributed by atoms with E-state index in [0.717, 1.165) is 49.3 Å². The van der Waals surface area contributed by atoms with Crippen LogP contribution in [0, 0.1) is 5.92 Å². The largest absolute Gasteiger partial charge is 0.370 e. The van der Waals surface area contributed by atoms with Crippen molar-refractivity contribution in [2.24, 2.45) is 5.92 Å². The first kappa shape index (κ1) is 15.1. The van der Waals surface area contributed by atoms with Gasteiger partial charge in [0.05, 0.1) is 0 Å². The van der Waals surface area contributed by atoms with Gasteiger partial charge >= 0.3 is 0 Å². The maximum Gasteiger partial charge on any atom is 0.134 e. The Balaban J connectivity index is 2.07. The van der Waals surface area contributed by atoms with Crippen LogP contribution in [0.15, 0.2) is 6.07 Å². The zero-order valence-electron chi connectivity index (χ0n) is 13.2. The number of hydrogen-bond acceptors (Lipinski definition) is 4. The minimum Gasteiger partial charge on any atom is -0.370 e. The zero-order valence-corrected chi connectivity index (χ0v) is 13.2. The van der Waals surface area contributed by atoms with Crippen LogP contribution in [0.2, 0.25) is 0 Å². The number of rotatable bonds is 7. The van der Waals surface area contributed by atoms with Crippen molar-refractivity contribution in [1.82, 2.24) is 9.97 Å². The average Bonchev–Trinajstić information content (AvgIpc) is 2.97. The van der Waals surface area contributed by atoms with Gasteiger partial charge in [-0.15, -0.1) is 0 Å². The molecule has 4 heteroatoms. The van der Waals surface area contributed by atoms with Gasteiger partial charge in [-0.2, -0.15) is 0 Å². The quantitative estimate of drug-likeness (QED) is 0.827. The minimum absolute atomic E-state index is 0.840. The molecular weight excluding hydrogens is 248 g/mol. The van der Waals surface area contributed by atoms with Crippen molar-refractivity contribution in [3.63, 3.8) is 0 Å². The molecule has 0 spiro atoms. The molecule has 0 aliphatic heterocycles. The molecule has 112 valence electrons. The van der Waals surface area contributed by atoms with Crippen molar-refractivity contribution in [3.05, 3.63) is 11.9 Å². The fourth-order valence-electron chi connectivity index (χ4n) is 2.85. The number of aromatic nitrogens is 2. The Morgan fingerprint density at radius 1 is 1.25 bits per heavy atom. The molecule has 0 bridgehead atoms. The van der Waals surface area contributed by atoms with E-state index in [1.807, 2.05) is 0 Å². The molecule has 20 heavy (non-hydrogen) atoms. The molecule has 0 unspecified atom stereocenters. The smallest absolute Gasteiger partial charge is 0.134 e. The van der Waals surface area contributed by atoms with E-state index in [1.54, 1.807) is 0 Å². The fraction of sp³-hybridized carbons (Fsp3) is 0.750. The third-order valence-corrected chi connectivity index (χ3v) is 4.03. The fourth-order valence-corrected chi connectivity index (χ4v) is 2.85. The van der Waals surface area contributed by atoms with Crippen molar-refractivity contribution in [2.75, 3.05) is 30.4 Å². The van der Waals surface area contributed by atoms with Crippen LogP contribution in [0.5, 0.6) is 0 Å². The molecule has 1 aromatic heterocycles. The maximum atomic E-state index is 4.68. The first-order valence-electron chi connectivity index (χ1n) is 8.05. The second kappa shape index (κ2) is 7.46. The highest BCUT2D eigenvalue weighted by Crippen LogP contribution is 2.26.